The number of hydrogen-bond donors (Lipinski definition) is 2. The number of rotatable bonds is 2. The molecule has 5 heteroatoms. The van der Waals surface area contributed by atoms with Crippen LogP contribution in [0.15, 0.2) is 57.7 Å². The van der Waals surface area contributed by atoms with Crippen molar-refractivity contribution in [2.75, 3.05) is 0 Å². The van der Waals surface area contributed by atoms with Crippen molar-refractivity contribution < 1.29 is 9.52 Å². The maximum absolute atomic E-state index is 12.0. The lowest BCUT2D eigenvalue weighted by Gasteiger charge is -2.07. The van der Waals surface area contributed by atoms with Crippen molar-refractivity contribution in [3.05, 3.63) is 75.1 Å². The van der Waals surface area contributed by atoms with Gasteiger partial charge in [-0.15, -0.1) is 0 Å². The minimum atomic E-state index is -0.744. The van der Waals surface area contributed by atoms with Gasteiger partial charge in [-0.1, -0.05) is 35.9 Å². The van der Waals surface area contributed by atoms with E-state index in [-0.39, 0.29) is 22.6 Å². The van der Waals surface area contributed by atoms with Gasteiger partial charge >= 0.3 is 5.63 Å². The number of benzene rings is 2. The van der Waals surface area contributed by atoms with Gasteiger partial charge in [-0.25, -0.2) is 4.79 Å². The Morgan fingerprint density at radius 2 is 1.76 bits per heavy atom. The number of fused-ring (bicyclic) bond motifs is 1. The van der Waals surface area contributed by atoms with Gasteiger partial charge < -0.3 is 9.52 Å². The standard InChI is InChI=1S/C16H10ClNO3/c17-10-7-5-9(6-8-10)14(18)13-15(19)11-3-1-2-4-12(11)21-16(13)20/h1-8,18-19H. The number of aromatic hydroxyl groups is 1. The summed E-state index contributed by atoms with van der Waals surface area (Å²) in [4.78, 5) is 12.0. The van der Waals surface area contributed by atoms with E-state index in [4.69, 9.17) is 21.4 Å². The summed E-state index contributed by atoms with van der Waals surface area (Å²) in [7, 11) is 0. The maximum Gasteiger partial charge on any atom is 0.349 e. The lowest BCUT2D eigenvalue weighted by molar-refractivity contribution is 0.466. The molecule has 3 aromatic rings. The Labute approximate surface area is 124 Å². The van der Waals surface area contributed by atoms with Crippen molar-refractivity contribution in [1.82, 2.24) is 0 Å². The molecule has 0 radical (unpaired) electrons. The van der Waals surface area contributed by atoms with E-state index in [0.717, 1.165) is 0 Å². The number of halogens is 1. The van der Waals surface area contributed by atoms with Crippen molar-refractivity contribution >= 4 is 28.3 Å². The van der Waals surface area contributed by atoms with Gasteiger partial charge in [0.15, 0.2) is 0 Å². The van der Waals surface area contributed by atoms with Gasteiger partial charge in [-0.2, -0.15) is 0 Å². The topological polar surface area (TPSA) is 74.3 Å². The highest BCUT2D eigenvalue weighted by molar-refractivity contribution is 6.30. The van der Waals surface area contributed by atoms with Gasteiger partial charge in [0.25, 0.3) is 0 Å². The highest BCUT2D eigenvalue weighted by Crippen LogP contribution is 2.27. The predicted octanol–water partition coefficient (Wildman–Crippen LogP) is 3.57. The first-order chi connectivity index (χ1) is 10.1. The van der Waals surface area contributed by atoms with Crippen LogP contribution in [0.3, 0.4) is 0 Å². The molecule has 0 amide bonds. The lowest BCUT2D eigenvalue weighted by atomic mass is 10.0. The normalized spacial score (nSPS) is 10.7. The Kier molecular flexibility index (Phi) is 3.23. The molecule has 0 aliphatic heterocycles. The maximum atomic E-state index is 12.0. The second-order valence-electron chi connectivity index (χ2n) is 4.49. The molecule has 21 heavy (non-hydrogen) atoms. The van der Waals surface area contributed by atoms with E-state index < -0.39 is 5.63 Å². The summed E-state index contributed by atoms with van der Waals surface area (Å²) in [6, 6.07) is 13.1. The molecule has 0 saturated heterocycles. The van der Waals surface area contributed by atoms with Crippen LogP contribution in [0, 0.1) is 5.41 Å². The molecule has 0 spiro atoms. The molecule has 1 aromatic heterocycles. The van der Waals surface area contributed by atoms with Crippen LogP contribution in [0.5, 0.6) is 5.75 Å². The molecule has 4 nitrogen and oxygen atoms in total. The molecule has 0 fully saturated rings. The van der Waals surface area contributed by atoms with Gasteiger partial charge in [0.05, 0.1) is 11.1 Å². The van der Waals surface area contributed by atoms with Gasteiger partial charge in [-0.3, -0.25) is 5.41 Å². The zero-order valence-corrected chi connectivity index (χ0v) is 11.5. The molecule has 0 bridgehead atoms. The van der Waals surface area contributed by atoms with Crippen LogP contribution in [0.25, 0.3) is 11.0 Å². The van der Waals surface area contributed by atoms with E-state index in [1.54, 1.807) is 48.5 Å². The van der Waals surface area contributed by atoms with E-state index in [1.165, 1.54) is 0 Å². The molecule has 1 heterocycles. The zero-order chi connectivity index (χ0) is 15.0. The third-order valence-electron chi connectivity index (χ3n) is 3.17. The second kappa shape index (κ2) is 5.07. The minimum absolute atomic E-state index is 0.108. The fourth-order valence-corrected chi connectivity index (χ4v) is 2.24. The smallest absolute Gasteiger partial charge is 0.349 e. The summed E-state index contributed by atoms with van der Waals surface area (Å²) in [5.41, 5.74) is -0.254. The second-order valence-corrected chi connectivity index (χ2v) is 4.93. The Hall–Kier alpha value is -2.59. The van der Waals surface area contributed by atoms with Crippen LogP contribution >= 0.6 is 11.6 Å². The van der Waals surface area contributed by atoms with Crippen LogP contribution in [-0.2, 0) is 0 Å². The molecule has 0 saturated carbocycles. The van der Waals surface area contributed by atoms with Crippen molar-refractivity contribution in [2.45, 2.75) is 0 Å². The summed E-state index contributed by atoms with van der Waals surface area (Å²) < 4.78 is 5.16. The molecule has 3 rings (SSSR count). The molecular formula is C16H10ClNO3. The van der Waals surface area contributed by atoms with E-state index in [9.17, 15) is 9.90 Å². The molecule has 104 valence electrons. The molecule has 2 N–H and O–H groups in total. The Morgan fingerprint density at radius 3 is 2.48 bits per heavy atom. The van der Waals surface area contributed by atoms with E-state index >= 15 is 0 Å². The Morgan fingerprint density at radius 1 is 1.10 bits per heavy atom. The van der Waals surface area contributed by atoms with Crippen LogP contribution in [0.2, 0.25) is 5.02 Å². The Bertz CT molecular complexity index is 898. The summed E-state index contributed by atoms with van der Waals surface area (Å²) in [6.07, 6.45) is 0. The summed E-state index contributed by atoms with van der Waals surface area (Å²) in [6.45, 7) is 0. The third-order valence-corrected chi connectivity index (χ3v) is 3.42. The molecule has 2 aromatic carbocycles. The third kappa shape index (κ3) is 2.30. The molecular weight excluding hydrogens is 290 g/mol. The largest absolute Gasteiger partial charge is 0.506 e. The summed E-state index contributed by atoms with van der Waals surface area (Å²) in [5, 5.41) is 19.3. The van der Waals surface area contributed by atoms with Crippen molar-refractivity contribution in [1.29, 1.82) is 5.41 Å². The quantitative estimate of drug-likeness (QED) is 0.561. The minimum Gasteiger partial charge on any atom is -0.506 e. The lowest BCUT2D eigenvalue weighted by Crippen LogP contribution is -2.15. The van der Waals surface area contributed by atoms with Crippen molar-refractivity contribution in [3.8, 4) is 5.75 Å². The van der Waals surface area contributed by atoms with Gasteiger partial charge in [0.2, 0.25) is 0 Å². The highest BCUT2D eigenvalue weighted by atomic mass is 35.5. The van der Waals surface area contributed by atoms with Gasteiger partial charge in [-0.05, 0) is 24.3 Å². The first kappa shape index (κ1) is 13.4. The highest BCUT2D eigenvalue weighted by Gasteiger charge is 2.19. The first-order valence-corrected chi connectivity index (χ1v) is 6.55. The molecule has 0 aliphatic carbocycles. The van der Waals surface area contributed by atoms with Gasteiger partial charge in [0.1, 0.15) is 16.9 Å². The van der Waals surface area contributed by atoms with E-state index in [1.807, 2.05) is 0 Å². The van der Waals surface area contributed by atoms with E-state index in [0.29, 0.717) is 16.0 Å². The SMILES string of the molecule is N=C(c1ccc(Cl)cc1)c1c(O)c2ccccc2oc1=O. The van der Waals surface area contributed by atoms with Crippen LogP contribution in [0.4, 0.5) is 0 Å². The monoisotopic (exact) mass is 299 g/mol. The predicted molar refractivity (Wildman–Crippen MR) is 81.5 cm³/mol. The average Bonchev–Trinajstić information content (AvgIpc) is 2.48. The Balaban J connectivity index is 2.22. The number of para-hydroxylation sites is 1. The first-order valence-electron chi connectivity index (χ1n) is 6.17. The summed E-state index contributed by atoms with van der Waals surface area (Å²) >= 11 is 5.80. The molecule has 0 atom stereocenters. The van der Waals surface area contributed by atoms with Crippen LogP contribution in [-0.4, -0.2) is 10.8 Å². The molecule has 0 unspecified atom stereocenters. The van der Waals surface area contributed by atoms with Crippen LogP contribution < -0.4 is 5.63 Å². The van der Waals surface area contributed by atoms with Crippen molar-refractivity contribution in [3.63, 3.8) is 0 Å². The van der Waals surface area contributed by atoms with Crippen molar-refractivity contribution in [2.24, 2.45) is 0 Å². The van der Waals surface area contributed by atoms with E-state index in [2.05, 4.69) is 0 Å². The summed E-state index contributed by atoms with van der Waals surface area (Å²) in [5.74, 6) is -0.248. The zero-order valence-electron chi connectivity index (χ0n) is 10.8. The fourth-order valence-electron chi connectivity index (χ4n) is 2.11. The fraction of sp³-hybridized carbons (Fsp3) is 0. The average molecular weight is 300 g/mol. The van der Waals surface area contributed by atoms with Crippen LogP contribution in [0.1, 0.15) is 11.1 Å². The molecule has 0 aliphatic rings. The van der Waals surface area contributed by atoms with Gasteiger partial charge in [0, 0.05) is 10.6 Å². The number of nitrogens with one attached hydrogen (secondary N) is 1. The number of hydrogen-bond acceptors (Lipinski definition) is 4.